The van der Waals surface area contributed by atoms with Crippen molar-refractivity contribution in [2.24, 2.45) is 5.41 Å². The Balaban J connectivity index is 1.59. The van der Waals surface area contributed by atoms with Crippen LogP contribution in [0.15, 0.2) is 24.3 Å². The molecule has 1 fully saturated rings. The Labute approximate surface area is 163 Å². The van der Waals surface area contributed by atoms with E-state index >= 15 is 0 Å². The van der Waals surface area contributed by atoms with E-state index in [1.807, 2.05) is 0 Å². The Morgan fingerprint density at radius 3 is 2.56 bits per heavy atom. The number of carbonyl (C=O) groups excluding carboxylic acids is 2. The van der Waals surface area contributed by atoms with Gasteiger partial charge in [-0.15, -0.1) is 0 Å². The summed E-state index contributed by atoms with van der Waals surface area (Å²) in [5, 5.41) is 3.22. The summed E-state index contributed by atoms with van der Waals surface area (Å²) in [6.45, 7) is 10.2. The highest BCUT2D eigenvalue weighted by molar-refractivity contribution is 5.85. The minimum Gasteiger partial charge on any atom is -0.350 e. The van der Waals surface area contributed by atoms with Crippen LogP contribution in [0.5, 0.6) is 0 Å². The first-order valence-electron chi connectivity index (χ1n) is 10.2. The number of hydrogen-bond donors (Lipinski definition) is 1. The minimum absolute atomic E-state index is 0.0393. The van der Waals surface area contributed by atoms with Crippen LogP contribution in [0.1, 0.15) is 51.2 Å². The van der Waals surface area contributed by atoms with Crippen molar-refractivity contribution in [3.05, 3.63) is 35.4 Å². The normalized spacial score (nSPS) is 19.5. The van der Waals surface area contributed by atoms with Crippen molar-refractivity contribution in [3.8, 4) is 0 Å². The molecule has 1 saturated heterocycles. The van der Waals surface area contributed by atoms with E-state index in [9.17, 15) is 9.59 Å². The first-order valence-corrected chi connectivity index (χ1v) is 10.2. The standard InChI is InChI=1S/C22H33N3O2/c1-22(2,3)19(23-20(26)16-25-12-7-6-10-21(25)27)15-24-13-11-17-8-4-5-9-18(17)14-24/h4-5,8-9,19H,6-7,10-16H2,1-3H3,(H,23,26). The largest absolute Gasteiger partial charge is 0.350 e. The Bertz CT molecular complexity index is 680. The van der Waals surface area contributed by atoms with Crippen LogP contribution in [-0.2, 0) is 22.6 Å². The van der Waals surface area contributed by atoms with Crippen molar-refractivity contribution >= 4 is 11.8 Å². The molecule has 1 unspecified atom stereocenters. The van der Waals surface area contributed by atoms with E-state index in [0.29, 0.717) is 13.0 Å². The fourth-order valence-electron chi connectivity index (χ4n) is 3.95. The molecule has 0 bridgehead atoms. The third-order valence-electron chi connectivity index (χ3n) is 5.79. The van der Waals surface area contributed by atoms with Gasteiger partial charge in [0.2, 0.25) is 11.8 Å². The Morgan fingerprint density at radius 2 is 1.85 bits per heavy atom. The molecule has 0 aromatic heterocycles. The molecule has 0 aliphatic carbocycles. The van der Waals surface area contributed by atoms with Gasteiger partial charge in [0.1, 0.15) is 0 Å². The maximum absolute atomic E-state index is 12.6. The van der Waals surface area contributed by atoms with Crippen molar-refractivity contribution in [2.45, 2.75) is 59.0 Å². The molecule has 1 aromatic rings. The van der Waals surface area contributed by atoms with Gasteiger partial charge in [-0.25, -0.2) is 0 Å². The highest BCUT2D eigenvalue weighted by Crippen LogP contribution is 2.24. The number of nitrogens with zero attached hydrogens (tertiary/aromatic N) is 2. The van der Waals surface area contributed by atoms with Crippen molar-refractivity contribution in [1.29, 1.82) is 0 Å². The third-order valence-corrected chi connectivity index (χ3v) is 5.79. The molecule has 148 valence electrons. The van der Waals surface area contributed by atoms with Crippen LogP contribution in [0, 0.1) is 5.41 Å². The second kappa shape index (κ2) is 8.42. The van der Waals surface area contributed by atoms with Crippen molar-refractivity contribution < 1.29 is 9.59 Å². The van der Waals surface area contributed by atoms with Gasteiger partial charge < -0.3 is 10.2 Å². The lowest BCUT2D eigenvalue weighted by atomic mass is 9.85. The number of nitrogens with one attached hydrogen (secondary N) is 1. The third kappa shape index (κ3) is 5.32. The number of piperidine rings is 1. The van der Waals surface area contributed by atoms with Crippen LogP contribution in [0.2, 0.25) is 0 Å². The van der Waals surface area contributed by atoms with Crippen LogP contribution in [-0.4, -0.2) is 53.8 Å². The summed E-state index contributed by atoms with van der Waals surface area (Å²) in [6.07, 6.45) is 3.57. The summed E-state index contributed by atoms with van der Waals surface area (Å²) in [6, 6.07) is 8.67. The van der Waals surface area contributed by atoms with Gasteiger partial charge in [0, 0.05) is 38.6 Å². The van der Waals surface area contributed by atoms with Gasteiger partial charge in [0.05, 0.1) is 6.54 Å². The number of likely N-dealkylation sites (tertiary alicyclic amines) is 1. The fourth-order valence-corrected chi connectivity index (χ4v) is 3.95. The molecular formula is C22H33N3O2. The molecular weight excluding hydrogens is 338 g/mol. The van der Waals surface area contributed by atoms with Crippen molar-refractivity contribution in [3.63, 3.8) is 0 Å². The lowest BCUT2D eigenvalue weighted by molar-refractivity contribution is -0.138. The predicted molar refractivity (Wildman–Crippen MR) is 107 cm³/mol. The number of rotatable bonds is 5. The molecule has 0 spiro atoms. The smallest absolute Gasteiger partial charge is 0.239 e. The van der Waals surface area contributed by atoms with E-state index < -0.39 is 0 Å². The van der Waals surface area contributed by atoms with Gasteiger partial charge in [-0.3, -0.25) is 14.5 Å². The molecule has 3 rings (SSSR count). The number of benzene rings is 1. The van der Waals surface area contributed by atoms with Gasteiger partial charge in [-0.05, 0) is 35.8 Å². The molecule has 2 heterocycles. The molecule has 1 aromatic carbocycles. The molecule has 1 N–H and O–H groups in total. The molecule has 2 aliphatic rings. The molecule has 2 amide bonds. The highest BCUT2D eigenvalue weighted by atomic mass is 16.2. The molecule has 2 aliphatic heterocycles. The number of fused-ring (bicyclic) bond motifs is 1. The Morgan fingerprint density at radius 1 is 1.11 bits per heavy atom. The zero-order valence-electron chi connectivity index (χ0n) is 17.0. The van der Waals surface area contributed by atoms with Gasteiger partial charge in [0.15, 0.2) is 0 Å². The summed E-state index contributed by atoms with van der Waals surface area (Å²) < 4.78 is 0. The predicted octanol–water partition coefficient (Wildman–Crippen LogP) is 2.59. The zero-order valence-corrected chi connectivity index (χ0v) is 17.0. The van der Waals surface area contributed by atoms with Crippen LogP contribution in [0.25, 0.3) is 0 Å². The van der Waals surface area contributed by atoms with E-state index in [1.165, 1.54) is 11.1 Å². The van der Waals surface area contributed by atoms with Crippen molar-refractivity contribution in [2.75, 3.05) is 26.2 Å². The maximum Gasteiger partial charge on any atom is 0.239 e. The summed E-state index contributed by atoms with van der Waals surface area (Å²) in [5.41, 5.74) is 2.79. The van der Waals surface area contributed by atoms with E-state index in [1.54, 1.807) is 4.90 Å². The van der Waals surface area contributed by atoms with E-state index in [-0.39, 0.29) is 29.8 Å². The number of hydrogen-bond acceptors (Lipinski definition) is 3. The molecule has 27 heavy (non-hydrogen) atoms. The van der Waals surface area contributed by atoms with E-state index in [2.05, 4.69) is 55.3 Å². The summed E-state index contributed by atoms with van der Waals surface area (Å²) in [5.74, 6) is 0.0685. The summed E-state index contributed by atoms with van der Waals surface area (Å²) >= 11 is 0. The SMILES string of the molecule is CC(C)(C)C(CN1CCc2ccccc2C1)NC(=O)CN1CCCCC1=O. The molecule has 5 nitrogen and oxygen atoms in total. The second-order valence-electron chi connectivity index (χ2n) is 9.01. The minimum atomic E-state index is -0.0431. The van der Waals surface area contributed by atoms with Gasteiger partial charge in [0.25, 0.3) is 0 Å². The zero-order chi connectivity index (χ0) is 19.4. The Kier molecular flexibility index (Phi) is 6.20. The van der Waals surface area contributed by atoms with E-state index in [0.717, 1.165) is 38.9 Å². The highest BCUT2D eigenvalue weighted by Gasteiger charge is 2.30. The monoisotopic (exact) mass is 371 g/mol. The quantitative estimate of drug-likeness (QED) is 0.866. The first kappa shape index (κ1) is 19.9. The van der Waals surface area contributed by atoms with Gasteiger partial charge in [-0.1, -0.05) is 45.0 Å². The van der Waals surface area contributed by atoms with E-state index in [4.69, 9.17) is 0 Å². The number of amides is 2. The van der Waals surface area contributed by atoms with Crippen LogP contribution in [0.3, 0.4) is 0 Å². The molecule has 1 atom stereocenters. The topological polar surface area (TPSA) is 52.7 Å². The van der Waals surface area contributed by atoms with Gasteiger partial charge in [-0.2, -0.15) is 0 Å². The summed E-state index contributed by atoms with van der Waals surface area (Å²) in [4.78, 5) is 28.8. The first-order chi connectivity index (χ1) is 12.8. The van der Waals surface area contributed by atoms with Crippen molar-refractivity contribution in [1.82, 2.24) is 15.1 Å². The Hall–Kier alpha value is -1.88. The van der Waals surface area contributed by atoms with Gasteiger partial charge >= 0.3 is 0 Å². The lowest BCUT2D eigenvalue weighted by Crippen LogP contribution is -2.54. The van der Waals surface area contributed by atoms with Crippen LogP contribution >= 0.6 is 0 Å². The second-order valence-corrected chi connectivity index (χ2v) is 9.01. The molecule has 0 radical (unpaired) electrons. The summed E-state index contributed by atoms with van der Waals surface area (Å²) in [7, 11) is 0. The average Bonchev–Trinajstić information content (AvgIpc) is 2.62. The van der Waals surface area contributed by atoms with Crippen LogP contribution in [0.4, 0.5) is 0 Å². The maximum atomic E-state index is 12.6. The lowest BCUT2D eigenvalue weighted by Gasteiger charge is -2.38. The number of carbonyl (C=O) groups is 2. The molecule has 0 saturated carbocycles. The fraction of sp³-hybridized carbons (Fsp3) is 0.636. The average molecular weight is 372 g/mol. The molecule has 5 heteroatoms. The van der Waals surface area contributed by atoms with Crippen LogP contribution < -0.4 is 5.32 Å².